The van der Waals surface area contributed by atoms with E-state index in [1.807, 2.05) is 23.6 Å². The lowest BCUT2D eigenvalue weighted by Crippen LogP contribution is -2.44. The minimum absolute atomic E-state index is 0.0862. The highest BCUT2D eigenvalue weighted by Crippen LogP contribution is 2.30. The molecule has 0 saturated heterocycles. The highest BCUT2D eigenvalue weighted by Gasteiger charge is 2.26. The SMILES string of the molecule is O=C(NCCCNC(=O)[C@H]1COc2ccccc2O1)c1cccs1. The Morgan fingerprint density at radius 3 is 2.67 bits per heavy atom. The van der Waals surface area contributed by atoms with Gasteiger partial charge in [-0.3, -0.25) is 9.59 Å². The van der Waals surface area contributed by atoms with Crippen LogP contribution < -0.4 is 20.1 Å². The number of amides is 2. The van der Waals surface area contributed by atoms with Crippen LogP contribution in [0.3, 0.4) is 0 Å². The fraction of sp³-hybridized carbons (Fsp3) is 0.294. The third-order valence-corrected chi connectivity index (χ3v) is 4.35. The number of carbonyl (C=O) groups excluding carboxylic acids is 2. The summed E-state index contributed by atoms with van der Waals surface area (Å²) in [5, 5.41) is 7.48. The Kier molecular flexibility index (Phi) is 5.32. The van der Waals surface area contributed by atoms with Crippen LogP contribution in [0, 0.1) is 0 Å². The van der Waals surface area contributed by atoms with E-state index in [0.29, 0.717) is 35.9 Å². The Morgan fingerprint density at radius 1 is 1.08 bits per heavy atom. The average Bonchev–Trinajstić information content (AvgIpc) is 3.15. The standard InChI is InChI=1S/C17H18N2O4S/c20-16(14-11-22-12-5-1-2-6-13(12)23-14)18-8-4-9-19-17(21)15-7-3-10-24-15/h1-3,5-7,10,14H,4,8-9,11H2,(H,18,20)(H,19,21)/t14-/m1/s1. The van der Waals surface area contributed by atoms with E-state index in [1.165, 1.54) is 11.3 Å². The number of nitrogens with one attached hydrogen (secondary N) is 2. The van der Waals surface area contributed by atoms with Crippen molar-refractivity contribution in [1.82, 2.24) is 10.6 Å². The first-order valence-corrected chi connectivity index (χ1v) is 8.60. The van der Waals surface area contributed by atoms with E-state index in [-0.39, 0.29) is 18.4 Å². The van der Waals surface area contributed by atoms with Crippen LogP contribution in [-0.4, -0.2) is 37.6 Å². The van der Waals surface area contributed by atoms with Gasteiger partial charge in [-0.1, -0.05) is 18.2 Å². The lowest BCUT2D eigenvalue weighted by Gasteiger charge is -2.25. The molecule has 1 atom stereocenters. The van der Waals surface area contributed by atoms with Crippen LogP contribution in [0.4, 0.5) is 0 Å². The molecule has 0 spiro atoms. The van der Waals surface area contributed by atoms with Crippen molar-refractivity contribution >= 4 is 23.2 Å². The number of fused-ring (bicyclic) bond motifs is 1. The van der Waals surface area contributed by atoms with Crippen molar-refractivity contribution in [1.29, 1.82) is 0 Å². The number of benzene rings is 1. The molecule has 1 aliphatic heterocycles. The van der Waals surface area contributed by atoms with Crippen molar-refractivity contribution in [3.8, 4) is 11.5 Å². The number of rotatable bonds is 6. The number of hydrogen-bond acceptors (Lipinski definition) is 5. The van der Waals surface area contributed by atoms with Crippen LogP contribution in [0.2, 0.25) is 0 Å². The molecule has 126 valence electrons. The predicted octanol–water partition coefficient (Wildman–Crippen LogP) is 1.82. The summed E-state index contributed by atoms with van der Waals surface area (Å²) < 4.78 is 11.1. The number of carbonyl (C=O) groups is 2. The summed E-state index contributed by atoms with van der Waals surface area (Å²) in [5.41, 5.74) is 0. The maximum atomic E-state index is 12.1. The first kappa shape index (κ1) is 16.3. The minimum atomic E-state index is -0.652. The quantitative estimate of drug-likeness (QED) is 0.783. The molecular formula is C17H18N2O4S. The molecule has 2 heterocycles. The summed E-state index contributed by atoms with van der Waals surface area (Å²) in [7, 11) is 0. The third kappa shape index (κ3) is 4.05. The highest BCUT2D eigenvalue weighted by molar-refractivity contribution is 7.12. The molecule has 2 aromatic rings. The molecule has 3 rings (SSSR count). The lowest BCUT2D eigenvalue weighted by molar-refractivity contribution is -0.130. The fourth-order valence-electron chi connectivity index (χ4n) is 2.26. The monoisotopic (exact) mass is 346 g/mol. The summed E-state index contributed by atoms with van der Waals surface area (Å²) in [4.78, 5) is 24.5. The van der Waals surface area contributed by atoms with Gasteiger partial charge in [0.15, 0.2) is 11.5 Å². The van der Waals surface area contributed by atoms with Gasteiger partial charge in [0.05, 0.1) is 4.88 Å². The highest BCUT2D eigenvalue weighted by atomic mass is 32.1. The second-order valence-corrected chi connectivity index (χ2v) is 6.19. The van der Waals surface area contributed by atoms with E-state index in [2.05, 4.69) is 10.6 Å². The van der Waals surface area contributed by atoms with E-state index < -0.39 is 6.10 Å². The molecule has 1 aliphatic rings. The Hall–Kier alpha value is -2.54. The fourth-order valence-corrected chi connectivity index (χ4v) is 2.90. The summed E-state index contributed by atoms with van der Waals surface area (Å²) in [6, 6.07) is 10.9. The van der Waals surface area contributed by atoms with Crippen LogP contribution in [-0.2, 0) is 4.79 Å². The number of para-hydroxylation sites is 2. The molecule has 1 aromatic heterocycles. The van der Waals surface area contributed by atoms with Crippen molar-refractivity contribution in [2.45, 2.75) is 12.5 Å². The van der Waals surface area contributed by atoms with Gasteiger partial charge in [0.1, 0.15) is 6.61 Å². The van der Waals surface area contributed by atoms with Gasteiger partial charge in [0.2, 0.25) is 6.10 Å². The first-order valence-electron chi connectivity index (χ1n) is 7.72. The average molecular weight is 346 g/mol. The Morgan fingerprint density at radius 2 is 1.88 bits per heavy atom. The maximum Gasteiger partial charge on any atom is 0.264 e. The van der Waals surface area contributed by atoms with Crippen molar-refractivity contribution in [2.24, 2.45) is 0 Å². The Labute approximate surface area is 143 Å². The van der Waals surface area contributed by atoms with Gasteiger partial charge in [0.25, 0.3) is 11.8 Å². The Bertz CT molecular complexity index is 702. The van der Waals surface area contributed by atoms with E-state index in [0.717, 1.165) is 0 Å². The largest absolute Gasteiger partial charge is 0.485 e. The molecule has 0 radical (unpaired) electrons. The molecular weight excluding hydrogens is 328 g/mol. The Balaban J connectivity index is 1.35. The van der Waals surface area contributed by atoms with E-state index in [1.54, 1.807) is 18.2 Å². The van der Waals surface area contributed by atoms with Gasteiger partial charge >= 0.3 is 0 Å². The van der Waals surface area contributed by atoms with Crippen LogP contribution >= 0.6 is 11.3 Å². The first-order chi connectivity index (χ1) is 11.7. The zero-order chi connectivity index (χ0) is 16.8. The lowest BCUT2D eigenvalue weighted by atomic mass is 10.2. The molecule has 24 heavy (non-hydrogen) atoms. The van der Waals surface area contributed by atoms with Gasteiger partial charge < -0.3 is 20.1 Å². The minimum Gasteiger partial charge on any atom is -0.485 e. The van der Waals surface area contributed by atoms with Gasteiger partial charge in [-0.05, 0) is 30.0 Å². The normalized spacial score (nSPS) is 15.6. The van der Waals surface area contributed by atoms with E-state index in [9.17, 15) is 9.59 Å². The third-order valence-electron chi connectivity index (χ3n) is 3.48. The van der Waals surface area contributed by atoms with Gasteiger partial charge in [-0.15, -0.1) is 11.3 Å². The van der Waals surface area contributed by atoms with Crippen LogP contribution in [0.25, 0.3) is 0 Å². The van der Waals surface area contributed by atoms with Crippen molar-refractivity contribution in [2.75, 3.05) is 19.7 Å². The summed E-state index contributed by atoms with van der Waals surface area (Å²) >= 11 is 1.40. The maximum absolute atomic E-state index is 12.1. The van der Waals surface area contributed by atoms with Crippen molar-refractivity contribution < 1.29 is 19.1 Å². The van der Waals surface area contributed by atoms with Crippen molar-refractivity contribution in [3.05, 3.63) is 46.7 Å². The second-order valence-electron chi connectivity index (χ2n) is 5.24. The van der Waals surface area contributed by atoms with E-state index in [4.69, 9.17) is 9.47 Å². The zero-order valence-electron chi connectivity index (χ0n) is 13.0. The second kappa shape index (κ2) is 7.83. The molecule has 1 aromatic carbocycles. The molecule has 0 unspecified atom stereocenters. The topological polar surface area (TPSA) is 76.7 Å². The van der Waals surface area contributed by atoms with E-state index >= 15 is 0 Å². The number of ether oxygens (including phenoxy) is 2. The van der Waals surface area contributed by atoms with Gasteiger partial charge in [-0.2, -0.15) is 0 Å². The summed E-state index contributed by atoms with van der Waals surface area (Å²) in [6.07, 6.45) is -0.00636. The molecule has 0 bridgehead atoms. The molecule has 2 amide bonds. The molecule has 6 nitrogen and oxygen atoms in total. The molecule has 0 fully saturated rings. The van der Waals surface area contributed by atoms with Crippen LogP contribution in [0.15, 0.2) is 41.8 Å². The molecule has 2 N–H and O–H groups in total. The smallest absolute Gasteiger partial charge is 0.264 e. The molecule has 7 heteroatoms. The number of hydrogen-bond donors (Lipinski definition) is 2. The summed E-state index contributed by atoms with van der Waals surface area (Å²) in [6.45, 7) is 1.16. The predicted molar refractivity (Wildman–Crippen MR) is 90.6 cm³/mol. The van der Waals surface area contributed by atoms with Gasteiger partial charge in [0, 0.05) is 13.1 Å². The number of thiophene rings is 1. The molecule has 0 aliphatic carbocycles. The summed E-state index contributed by atoms with van der Waals surface area (Å²) in [5.74, 6) is 0.927. The molecule has 0 saturated carbocycles. The van der Waals surface area contributed by atoms with Crippen LogP contribution in [0.1, 0.15) is 16.1 Å². The van der Waals surface area contributed by atoms with Crippen LogP contribution in [0.5, 0.6) is 11.5 Å². The zero-order valence-corrected chi connectivity index (χ0v) is 13.8. The van der Waals surface area contributed by atoms with Crippen molar-refractivity contribution in [3.63, 3.8) is 0 Å². The van der Waals surface area contributed by atoms with Gasteiger partial charge in [-0.25, -0.2) is 0 Å².